The summed E-state index contributed by atoms with van der Waals surface area (Å²) in [5.41, 5.74) is 0. The van der Waals surface area contributed by atoms with E-state index in [2.05, 4.69) is 0 Å². The molecule has 0 aromatic rings. The molecule has 18 heavy (non-hydrogen) atoms. The Bertz CT molecular complexity index is 293. The zero-order valence-corrected chi connectivity index (χ0v) is 11.2. The van der Waals surface area contributed by atoms with Crippen molar-refractivity contribution in [2.75, 3.05) is 19.7 Å². The maximum Gasteiger partial charge on any atom is 0.323 e. The fraction of sp³-hybridized carbons (Fsp3) is 0.846. The number of aliphatic carboxylic acids is 1. The number of rotatable bonds is 6. The molecule has 0 aromatic heterocycles. The first-order chi connectivity index (χ1) is 8.58. The zero-order valence-electron chi connectivity index (χ0n) is 11.2. The standard InChI is InChI=1S/C13H23NO4/c1-3-6-14(9-12(15)16)13(17)10-5-7-18-11(4-2)8-10/h10-11H,3-9H2,1-2H3,(H,15,16). The highest BCUT2D eigenvalue weighted by Gasteiger charge is 2.30. The Morgan fingerprint density at radius 1 is 1.39 bits per heavy atom. The third kappa shape index (κ3) is 4.29. The SMILES string of the molecule is CCCN(CC(=O)O)C(=O)C1CCOC(CC)C1. The average molecular weight is 257 g/mol. The highest BCUT2D eigenvalue weighted by molar-refractivity contribution is 5.83. The fourth-order valence-corrected chi connectivity index (χ4v) is 2.35. The van der Waals surface area contributed by atoms with Gasteiger partial charge in [-0.05, 0) is 25.7 Å². The van der Waals surface area contributed by atoms with Crippen LogP contribution in [0.2, 0.25) is 0 Å². The molecule has 104 valence electrons. The predicted octanol–water partition coefficient (Wildman–Crippen LogP) is 1.51. The zero-order chi connectivity index (χ0) is 13.5. The highest BCUT2D eigenvalue weighted by atomic mass is 16.5. The van der Waals surface area contributed by atoms with Crippen molar-refractivity contribution in [1.29, 1.82) is 0 Å². The number of hydrogen-bond acceptors (Lipinski definition) is 3. The van der Waals surface area contributed by atoms with Gasteiger partial charge in [-0.2, -0.15) is 0 Å². The normalized spacial score (nSPS) is 23.7. The fourth-order valence-electron chi connectivity index (χ4n) is 2.35. The van der Waals surface area contributed by atoms with Crippen LogP contribution in [-0.2, 0) is 14.3 Å². The average Bonchev–Trinajstić information content (AvgIpc) is 2.37. The number of nitrogens with zero attached hydrogens (tertiary/aromatic N) is 1. The van der Waals surface area contributed by atoms with Crippen LogP contribution in [0.5, 0.6) is 0 Å². The molecular weight excluding hydrogens is 234 g/mol. The van der Waals surface area contributed by atoms with Crippen LogP contribution >= 0.6 is 0 Å². The van der Waals surface area contributed by atoms with Crippen molar-refractivity contribution < 1.29 is 19.4 Å². The molecule has 1 aliphatic heterocycles. The molecule has 1 N–H and O–H groups in total. The molecule has 0 bridgehead atoms. The lowest BCUT2D eigenvalue weighted by atomic mass is 9.93. The van der Waals surface area contributed by atoms with Gasteiger partial charge in [0.05, 0.1) is 6.10 Å². The van der Waals surface area contributed by atoms with Crippen molar-refractivity contribution in [2.45, 2.75) is 45.6 Å². The van der Waals surface area contributed by atoms with Gasteiger partial charge in [0.1, 0.15) is 6.54 Å². The number of carboxylic acid groups (broad SMARTS) is 1. The summed E-state index contributed by atoms with van der Waals surface area (Å²) >= 11 is 0. The van der Waals surface area contributed by atoms with Crippen molar-refractivity contribution in [2.24, 2.45) is 5.92 Å². The predicted molar refractivity (Wildman–Crippen MR) is 67.3 cm³/mol. The summed E-state index contributed by atoms with van der Waals surface area (Å²) in [5.74, 6) is -1.05. The number of carboxylic acids is 1. The molecule has 1 heterocycles. The van der Waals surface area contributed by atoms with Crippen LogP contribution in [0.4, 0.5) is 0 Å². The quantitative estimate of drug-likeness (QED) is 0.783. The molecule has 1 fully saturated rings. The molecule has 5 heteroatoms. The van der Waals surface area contributed by atoms with Crippen LogP contribution in [0.15, 0.2) is 0 Å². The Labute approximate surface area is 108 Å². The molecule has 2 atom stereocenters. The topological polar surface area (TPSA) is 66.8 Å². The Morgan fingerprint density at radius 3 is 2.67 bits per heavy atom. The Hall–Kier alpha value is -1.10. The third-order valence-electron chi connectivity index (χ3n) is 3.30. The van der Waals surface area contributed by atoms with Crippen molar-refractivity contribution in [3.8, 4) is 0 Å². The minimum absolute atomic E-state index is 0.0269. The van der Waals surface area contributed by atoms with Gasteiger partial charge in [0.15, 0.2) is 0 Å². The van der Waals surface area contributed by atoms with Gasteiger partial charge in [-0.1, -0.05) is 13.8 Å². The lowest BCUT2D eigenvalue weighted by molar-refractivity contribution is -0.149. The first kappa shape index (κ1) is 15.0. The van der Waals surface area contributed by atoms with E-state index >= 15 is 0 Å². The summed E-state index contributed by atoms with van der Waals surface area (Å²) in [4.78, 5) is 24.5. The second-order valence-corrected chi connectivity index (χ2v) is 4.78. The summed E-state index contributed by atoms with van der Waals surface area (Å²) < 4.78 is 5.54. The van der Waals surface area contributed by atoms with Crippen LogP contribution in [0.25, 0.3) is 0 Å². The first-order valence-corrected chi connectivity index (χ1v) is 6.70. The van der Waals surface area contributed by atoms with E-state index in [1.165, 1.54) is 4.90 Å². The summed E-state index contributed by atoms with van der Waals surface area (Å²) in [6, 6.07) is 0. The Balaban J connectivity index is 2.60. The van der Waals surface area contributed by atoms with Gasteiger partial charge < -0.3 is 14.7 Å². The summed E-state index contributed by atoms with van der Waals surface area (Å²) in [5, 5.41) is 8.84. The second kappa shape index (κ2) is 7.36. The van der Waals surface area contributed by atoms with E-state index in [4.69, 9.17) is 9.84 Å². The molecule has 0 radical (unpaired) electrons. The largest absolute Gasteiger partial charge is 0.480 e. The minimum Gasteiger partial charge on any atom is -0.480 e. The lowest BCUT2D eigenvalue weighted by Crippen LogP contribution is -2.43. The van der Waals surface area contributed by atoms with Gasteiger partial charge in [0.2, 0.25) is 5.91 Å². The monoisotopic (exact) mass is 257 g/mol. The number of hydrogen-bond donors (Lipinski definition) is 1. The molecule has 1 aliphatic rings. The lowest BCUT2D eigenvalue weighted by Gasteiger charge is -2.31. The first-order valence-electron chi connectivity index (χ1n) is 6.70. The number of amides is 1. The van der Waals surface area contributed by atoms with Gasteiger partial charge in [0.25, 0.3) is 0 Å². The van der Waals surface area contributed by atoms with Crippen molar-refractivity contribution in [3.05, 3.63) is 0 Å². The van der Waals surface area contributed by atoms with Crippen LogP contribution in [0.3, 0.4) is 0 Å². The summed E-state index contributed by atoms with van der Waals surface area (Å²) in [6.45, 7) is 4.90. The molecule has 1 rings (SSSR count). The smallest absolute Gasteiger partial charge is 0.323 e. The van der Waals surface area contributed by atoms with E-state index in [-0.39, 0.29) is 24.5 Å². The van der Waals surface area contributed by atoms with Crippen LogP contribution in [0, 0.1) is 5.92 Å². The van der Waals surface area contributed by atoms with E-state index in [9.17, 15) is 9.59 Å². The summed E-state index contributed by atoms with van der Waals surface area (Å²) in [6.07, 6.45) is 3.24. The number of carbonyl (C=O) groups is 2. The van der Waals surface area contributed by atoms with Crippen LogP contribution in [-0.4, -0.2) is 47.7 Å². The van der Waals surface area contributed by atoms with Gasteiger partial charge >= 0.3 is 5.97 Å². The minimum atomic E-state index is -0.948. The molecular formula is C13H23NO4. The van der Waals surface area contributed by atoms with E-state index in [0.717, 1.165) is 19.3 Å². The molecule has 0 aliphatic carbocycles. The van der Waals surface area contributed by atoms with E-state index in [0.29, 0.717) is 19.6 Å². The van der Waals surface area contributed by atoms with Crippen LogP contribution in [0.1, 0.15) is 39.5 Å². The van der Waals surface area contributed by atoms with Crippen molar-refractivity contribution in [3.63, 3.8) is 0 Å². The van der Waals surface area contributed by atoms with Gasteiger partial charge in [-0.25, -0.2) is 0 Å². The Kier molecular flexibility index (Phi) is 6.12. The van der Waals surface area contributed by atoms with Crippen molar-refractivity contribution in [1.82, 2.24) is 4.90 Å². The number of ether oxygens (including phenoxy) is 1. The highest BCUT2D eigenvalue weighted by Crippen LogP contribution is 2.24. The van der Waals surface area contributed by atoms with Gasteiger partial charge in [-0.3, -0.25) is 9.59 Å². The molecule has 1 amide bonds. The molecule has 2 unspecified atom stereocenters. The van der Waals surface area contributed by atoms with Crippen LogP contribution < -0.4 is 0 Å². The molecule has 1 saturated heterocycles. The molecule has 0 saturated carbocycles. The maximum atomic E-state index is 12.3. The third-order valence-corrected chi connectivity index (χ3v) is 3.30. The van der Waals surface area contributed by atoms with E-state index < -0.39 is 5.97 Å². The number of carbonyl (C=O) groups excluding carboxylic acids is 1. The van der Waals surface area contributed by atoms with Gasteiger partial charge in [-0.15, -0.1) is 0 Å². The van der Waals surface area contributed by atoms with E-state index in [1.54, 1.807) is 0 Å². The second-order valence-electron chi connectivity index (χ2n) is 4.78. The summed E-state index contributed by atoms with van der Waals surface area (Å²) in [7, 11) is 0. The molecule has 5 nitrogen and oxygen atoms in total. The van der Waals surface area contributed by atoms with E-state index in [1.807, 2.05) is 13.8 Å². The molecule has 0 spiro atoms. The Morgan fingerprint density at radius 2 is 2.11 bits per heavy atom. The maximum absolute atomic E-state index is 12.3. The van der Waals surface area contributed by atoms with Gasteiger partial charge in [0, 0.05) is 19.1 Å². The van der Waals surface area contributed by atoms with Crippen molar-refractivity contribution >= 4 is 11.9 Å². The molecule has 0 aromatic carbocycles.